The predicted octanol–water partition coefficient (Wildman–Crippen LogP) is 28.0. The van der Waals surface area contributed by atoms with Gasteiger partial charge < -0.3 is 14.4 Å². The number of fused-ring (bicyclic) bond motifs is 17. The Bertz CT molecular complexity index is 6460. The molecule has 0 saturated carbocycles. The summed E-state index contributed by atoms with van der Waals surface area (Å²) in [6.45, 7) is 35.4. The third kappa shape index (κ3) is 11.3. The second kappa shape index (κ2) is 25.9. The Balaban J connectivity index is 0.952. The molecule has 560 valence electrons. The molecule has 0 N–H and O–H groups in total. The number of anilines is 6. The number of rotatable bonds is 8. The number of aromatic nitrogens is 1. The van der Waals surface area contributed by atoms with Crippen LogP contribution in [0.5, 0.6) is 0 Å². The summed E-state index contributed by atoms with van der Waals surface area (Å²) in [4.78, 5) is 5.53. The Morgan fingerprint density at radius 1 is 0.235 bits per heavy atom. The van der Waals surface area contributed by atoms with Crippen molar-refractivity contribution in [1.82, 2.24) is 4.57 Å². The molecule has 3 heterocycles. The minimum atomic E-state index is -0.543. The highest BCUT2D eigenvalue weighted by Gasteiger charge is 2.53. The summed E-state index contributed by atoms with van der Waals surface area (Å²) in [6.07, 6.45) is 0. The number of nitrogens with zero attached hydrogens (tertiary/aromatic N) is 3. The summed E-state index contributed by atoms with van der Waals surface area (Å²) in [5, 5.41) is 2.46. The van der Waals surface area contributed by atoms with Crippen molar-refractivity contribution < 1.29 is 0 Å². The summed E-state index contributed by atoms with van der Waals surface area (Å²) in [5.41, 5.74) is 41.3. The highest BCUT2D eigenvalue weighted by molar-refractivity contribution is 7.00. The fourth-order valence-corrected chi connectivity index (χ4v) is 19.7. The number of para-hydroxylation sites is 1. The lowest BCUT2D eigenvalue weighted by Crippen LogP contribution is -2.61. The third-order valence-electron chi connectivity index (χ3n) is 25.7. The summed E-state index contributed by atoms with van der Waals surface area (Å²) in [5.74, 6) is 0. The number of hydrogen-bond donors (Lipinski definition) is 0. The van der Waals surface area contributed by atoms with E-state index in [1.165, 1.54) is 155 Å². The van der Waals surface area contributed by atoms with E-state index in [4.69, 9.17) is 0 Å². The lowest BCUT2D eigenvalue weighted by molar-refractivity contribution is 0.569. The molecule has 1 spiro atoms. The molecule has 0 amide bonds. The van der Waals surface area contributed by atoms with Gasteiger partial charge in [0.15, 0.2) is 0 Å². The van der Waals surface area contributed by atoms with E-state index >= 15 is 0 Å². The van der Waals surface area contributed by atoms with E-state index < -0.39 is 5.41 Å². The molecule has 2 aliphatic carbocycles. The Hall–Kier alpha value is -12.2. The standard InChI is InChI=1S/C111H98BN3/c1-106(2,3)75-56-74(57-76(59-75)107(4,5)6)73-52-54-95-99(58-73)114(104-85(69-36-20-16-21-37-69)60-77(108(7,8)9)61-86(104)70-38-22-17-23-39-70)101-64-79(110(13,14)15)65-102-103(101)112(95)96-55-53-80(66-100(96)115(102)105-87(71-40-24-18-25-41-71)62-78(109(10,11)12)63-88(105)72-42-26-19-27-43-72)113-97-51-35-31-47-84(97)90-67-89-83-46-30-34-50-93(83)111(94(89)68-98(90)113)91-48-32-28-44-81(91)82-45-29-33-49-92(82)111/h16-68H,1-15H3. The van der Waals surface area contributed by atoms with E-state index in [-0.39, 0.29) is 33.8 Å². The minimum absolute atomic E-state index is 0.106. The van der Waals surface area contributed by atoms with Gasteiger partial charge >= 0.3 is 0 Å². The first kappa shape index (κ1) is 71.8. The molecule has 0 bridgehead atoms. The van der Waals surface area contributed by atoms with Gasteiger partial charge in [-0.1, -0.05) is 353 Å². The van der Waals surface area contributed by atoms with E-state index in [2.05, 4.69) is 440 Å². The quantitative estimate of drug-likeness (QED) is 0.141. The molecule has 0 unspecified atom stereocenters. The zero-order valence-electron chi connectivity index (χ0n) is 69.0. The molecular formula is C111H98BN3. The van der Waals surface area contributed by atoms with Crippen LogP contribution >= 0.6 is 0 Å². The van der Waals surface area contributed by atoms with Gasteiger partial charge in [0, 0.05) is 61.5 Å². The maximum atomic E-state index is 2.77. The van der Waals surface area contributed by atoms with Gasteiger partial charge in [-0.15, -0.1) is 0 Å². The van der Waals surface area contributed by atoms with Crippen LogP contribution in [0.1, 0.15) is 154 Å². The van der Waals surface area contributed by atoms with Gasteiger partial charge in [-0.05, 0) is 222 Å². The van der Waals surface area contributed by atoms with Gasteiger partial charge in [-0.2, -0.15) is 0 Å². The largest absolute Gasteiger partial charge is 0.310 e. The fourth-order valence-electron chi connectivity index (χ4n) is 19.7. The summed E-state index contributed by atoms with van der Waals surface area (Å²) in [7, 11) is 0. The molecule has 15 aromatic carbocycles. The van der Waals surface area contributed by atoms with Crippen LogP contribution in [0.4, 0.5) is 34.1 Å². The highest BCUT2D eigenvalue weighted by atomic mass is 15.2. The van der Waals surface area contributed by atoms with Crippen molar-refractivity contribution in [1.29, 1.82) is 0 Å². The van der Waals surface area contributed by atoms with Gasteiger partial charge in [-0.3, -0.25) is 0 Å². The van der Waals surface area contributed by atoms with Gasteiger partial charge in [0.25, 0.3) is 6.71 Å². The molecule has 1 aromatic heterocycles. The molecule has 115 heavy (non-hydrogen) atoms. The maximum Gasteiger partial charge on any atom is 0.252 e. The van der Waals surface area contributed by atoms with Crippen LogP contribution in [0.25, 0.3) is 105 Å². The van der Waals surface area contributed by atoms with Gasteiger partial charge in [0.1, 0.15) is 0 Å². The third-order valence-corrected chi connectivity index (χ3v) is 25.7. The average Bonchev–Trinajstić information content (AvgIpc) is 1.52. The molecule has 0 radical (unpaired) electrons. The number of benzene rings is 15. The zero-order valence-corrected chi connectivity index (χ0v) is 69.0. The van der Waals surface area contributed by atoms with Crippen molar-refractivity contribution in [3.8, 4) is 83.6 Å². The molecule has 3 nitrogen and oxygen atoms in total. The van der Waals surface area contributed by atoms with Crippen LogP contribution < -0.4 is 26.2 Å². The van der Waals surface area contributed by atoms with E-state index in [0.717, 1.165) is 50.8 Å². The van der Waals surface area contributed by atoms with Crippen LogP contribution in [0.2, 0.25) is 0 Å². The average molecular weight is 1480 g/mol. The van der Waals surface area contributed by atoms with Crippen molar-refractivity contribution in [2.45, 2.75) is 136 Å². The first-order chi connectivity index (χ1) is 55.2. The van der Waals surface area contributed by atoms with Gasteiger partial charge in [-0.25, -0.2) is 0 Å². The SMILES string of the molecule is CC(C)(C)c1cc(-c2ccc3c(c2)N(c2c(-c4ccccc4)cc(C(C)(C)C)cc2-c2ccccc2)c2cc(C(C)(C)C)cc4c2B3c2ccc(-n3c5ccccc5c5cc6c(cc53)C3(c5ccccc5-c5ccccc53)c3ccccc3-6)cc2N4c2c(-c3ccccc3)cc(C(C)(C)C)cc2-c2ccccc2)cc(C(C)(C)C)c1. The molecule has 0 fully saturated rings. The van der Waals surface area contributed by atoms with E-state index in [9.17, 15) is 0 Å². The van der Waals surface area contributed by atoms with E-state index in [1.807, 2.05) is 0 Å². The van der Waals surface area contributed by atoms with Crippen LogP contribution in [0.3, 0.4) is 0 Å². The molecule has 16 aromatic rings. The van der Waals surface area contributed by atoms with Crippen LogP contribution in [-0.2, 0) is 32.5 Å². The van der Waals surface area contributed by atoms with Gasteiger partial charge in [0.2, 0.25) is 0 Å². The molecule has 2 aliphatic heterocycles. The van der Waals surface area contributed by atoms with E-state index in [1.54, 1.807) is 0 Å². The normalized spacial score (nSPS) is 13.9. The first-order valence-corrected chi connectivity index (χ1v) is 41.4. The second-order valence-corrected chi connectivity index (χ2v) is 38.1. The Morgan fingerprint density at radius 3 is 1.03 bits per heavy atom. The van der Waals surface area contributed by atoms with E-state index in [0.29, 0.717) is 0 Å². The molecule has 4 aliphatic rings. The van der Waals surface area contributed by atoms with Crippen molar-refractivity contribution in [3.05, 3.63) is 372 Å². The maximum absolute atomic E-state index is 2.77. The number of hydrogen-bond acceptors (Lipinski definition) is 2. The lowest BCUT2D eigenvalue weighted by Gasteiger charge is -2.47. The topological polar surface area (TPSA) is 11.4 Å². The first-order valence-electron chi connectivity index (χ1n) is 41.4. The summed E-state index contributed by atoms with van der Waals surface area (Å²) in [6, 6.07) is 125. The minimum Gasteiger partial charge on any atom is -0.310 e. The van der Waals surface area contributed by atoms with Crippen molar-refractivity contribution >= 4 is 79.0 Å². The molecule has 0 saturated heterocycles. The highest BCUT2D eigenvalue weighted by Crippen LogP contribution is 2.64. The Morgan fingerprint density at radius 2 is 0.600 bits per heavy atom. The molecule has 4 heteroatoms. The lowest BCUT2D eigenvalue weighted by atomic mass is 9.33. The zero-order chi connectivity index (χ0) is 79.1. The predicted molar refractivity (Wildman–Crippen MR) is 492 cm³/mol. The van der Waals surface area contributed by atoms with Crippen molar-refractivity contribution in [3.63, 3.8) is 0 Å². The monoisotopic (exact) mass is 1480 g/mol. The molecule has 0 atom stereocenters. The second-order valence-electron chi connectivity index (χ2n) is 38.1. The Labute approximate surface area is 680 Å². The van der Waals surface area contributed by atoms with Gasteiger partial charge in [0.05, 0.1) is 27.8 Å². The van der Waals surface area contributed by atoms with Crippen LogP contribution in [0, 0.1) is 0 Å². The fraction of sp³-hybridized carbons (Fsp3) is 0.189. The summed E-state index contributed by atoms with van der Waals surface area (Å²) < 4.78 is 2.62. The van der Waals surface area contributed by atoms with Crippen LogP contribution in [-0.4, -0.2) is 11.3 Å². The molecule has 20 rings (SSSR count). The summed E-state index contributed by atoms with van der Waals surface area (Å²) >= 11 is 0. The van der Waals surface area contributed by atoms with Crippen LogP contribution in [0.15, 0.2) is 322 Å². The molecular weight excluding hydrogens is 1390 g/mol. The van der Waals surface area contributed by atoms with Crippen molar-refractivity contribution in [2.24, 2.45) is 0 Å². The smallest absolute Gasteiger partial charge is 0.252 e. The Kier molecular flexibility index (Phi) is 16.2. The van der Waals surface area contributed by atoms with Crippen molar-refractivity contribution in [2.75, 3.05) is 9.80 Å².